The Morgan fingerprint density at radius 2 is 2.50 bits per heavy atom. The fraction of sp³-hybridized carbons (Fsp3) is 0.500. The van der Waals surface area contributed by atoms with E-state index in [4.69, 9.17) is 11.0 Å². The molecule has 0 aliphatic rings. The predicted octanol–water partition coefficient (Wildman–Crippen LogP) is -0.329. The summed E-state index contributed by atoms with van der Waals surface area (Å²) in [4.78, 5) is 0. The van der Waals surface area contributed by atoms with Gasteiger partial charge >= 0.3 is 0 Å². The van der Waals surface area contributed by atoms with Crippen molar-refractivity contribution in [3.05, 3.63) is 0 Å². The zero-order valence-corrected chi connectivity index (χ0v) is 5.39. The van der Waals surface area contributed by atoms with Gasteiger partial charge in [-0.05, 0) is 0 Å². The van der Waals surface area contributed by atoms with Crippen LogP contribution in [0.4, 0.5) is 0 Å². The van der Waals surface area contributed by atoms with Crippen LogP contribution < -0.4 is 0 Å². The van der Waals surface area contributed by atoms with Gasteiger partial charge in [-0.15, -0.1) is 6.42 Å². The third kappa shape index (κ3) is 5.63. The molecule has 0 unspecified atom stereocenters. The minimum absolute atomic E-state index is 0.107. The molecule has 0 aliphatic heterocycles. The molecule has 48 valence electrons. The summed E-state index contributed by atoms with van der Waals surface area (Å²) in [6, 6.07) is 0. The molecule has 0 rings (SSSR count). The maximum absolute atomic E-state index is 10.2. The Labute approximate surface area is 49.5 Å². The van der Waals surface area contributed by atoms with Gasteiger partial charge in [0.15, 0.2) is 0 Å². The topological polar surface area (TPSA) is 46.5 Å². The first-order valence-electron chi connectivity index (χ1n) is 1.94. The van der Waals surface area contributed by atoms with Crippen LogP contribution in [0.1, 0.15) is 0 Å². The Morgan fingerprint density at radius 3 is 2.62 bits per heavy atom. The molecule has 3 nitrogen and oxygen atoms in total. The van der Waals surface area contributed by atoms with Crippen LogP contribution in [-0.2, 0) is 14.7 Å². The summed E-state index contributed by atoms with van der Waals surface area (Å²) < 4.78 is 22.9. The standard InChI is InChI=1S/C4H8O3S/c1-3-4-7-8(2,5)6/h1,8H,4H2,2H3,(H,5,6). The van der Waals surface area contributed by atoms with E-state index in [1.807, 2.05) is 0 Å². The van der Waals surface area contributed by atoms with Crippen molar-refractivity contribution < 1.29 is 12.9 Å². The fourth-order valence-electron chi connectivity index (χ4n) is 0.157. The third-order valence-corrected chi connectivity index (χ3v) is 0.996. The SMILES string of the molecule is C#CCO[SH](C)(=O)O. The van der Waals surface area contributed by atoms with Crippen molar-refractivity contribution in [3.63, 3.8) is 0 Å². The first-order chi connectivity index (χ1) is 3.56. The predicted molar refractivity (Wildman–Crippen MR) is 32.9 cm³/mol. The quantitative estimate of drug-likeness (QED) is 0.403. The Kier molecular flexibility index (Phi) is 2.69. The van der Waals surface area contributed by atoms with Gasteiger partial charge in [0, 0.05) is 6.26 Å². The van der Waals surface area contributed by atoms with E-state index in [1.54, 1.807) is 0 Å². The van der Waals surface area contributed by atoms with E-state index >= 15 is 0 Å². The van der Waals surface area contributed by atoms with E-state index < -0.39 is 10.5 Å². The minimum atomic E-state index is -3.32. The van der Waals surface area contributed by atoms with Gasteiger partial charge in [0.1, 0.15) is 6.61 Å². The highest BCUT2D eigenvalue weighted by atomic mass is 32.3. The Balaban J connectivity index is 3.45. The zero-order valence-electron chi connectivity index (χ0n) is 4.50. The smallest absolute Gasteiger partial charge is 0.124 e. The maximum atomic E-state index is 10.2. The van der Waals surface area contributed by atoms with Crippen LogP contribution in [0.3, 0.4) is 0 Å². The summed E-state index contributed by atoms with van der Waals surface area (Å²) in [6.45, 7) is -0.107. The monoisotopic (exact) mass is 136 g/mol. The summed E-state index contributed by atoms with van der Waals surface area (Å²) in [7, 11) is -3.32. The summed E-state index contributed by atoms with van der Waals surface area (Å²) in [5, 5.41) is 0. The Hall–Kier alpha value is -0.370. The average molecular weight is 136 g/mol. The molecule has 0 aromatic carbocycles. The molecule has 0 atom stereocenters. The van der Waals surface area contributed by atoms with E-state index in [9.17, 15) is 4.21 Å². The molecule has 0 spiro atoms. The number of rotatable bonds is 2. The molecule has 0 aromatic rings. The van der Waals surface area contributed by atoms with Gasteiger partial charge in [-0.25, -0.2) is 4.21 Å². The molecular weight excluding hydrogens is 128 g/mol. The lowest BCUT2D eigenvalue weighted by Crippen LogP contribution is -2.11. The van der Waals surface area contributed by atoms with Gasteiger partial charge in [0.05, 0.1) is 10.5 Å². The van der Waals surface area contributed by atoms with Crippen molar-refractivity contribution in [1.82, 2.24) is 0 Å². The number of hydrogen-bond acceptors (Lipinski definition) is 2. The second-order valence-electron chi connectivity index (χ2n) is 1.28. The lowest BCUT2D eigenvalue weighted by Gasteiger charge is -2.08. The van der Waals surface area contributed by atoms with E-state index in [1.165, 1.54) is 0 Å². The second-order valence-corrected chi connectivity index (χ2v) is 3.14. The molecule has 0 radical (unpaired) electrons. The van der Waals surface area contributed by atoms with Crippen molar-refractivity contribution in [2.45, 2.75) is 0 Å². The Morgan fingerprint density at radius 1 is 2.00 bits per heavy atom. The lowest BCUT2D eigenvalue weighted by molar-refractivity contribution is 0.331. The first kappa shape index (κ1) is 7.63. The van der Waals surface area contributed by atoms with Crippen LogP contribution in [0.2, 0.25) is 0 Å². The molecule has 4 heteroatoms. The summed E-state index contributed by atoms with van der Waals surface area (Å²) in [6.07, 6.45) is 5.82. The fourth-order valence-corrected chi connectivity index (χ4v) is 0.471. The molecule has 8 heavy (non-hydrogen) atoms. The van der Waals surface area contributed by atoms with E-state index in [2.05, 4.69) is 10.1 Å². The maximum Gasteiger partial charge on any atom is 0.124 e. The second kappa shape index (κ2) is 2.82. The van der Waals surface area contributed by atoms with Crippen molar-refractivity contribution in [2.24, 2.45) is 0 Å². The van der Waals surface area contributed by atoms with E-state index in [-0.39, 0.29) is 6.61 Å². The van der Waals surface area contributed by atoms with Crippen LogP contribution in [0.15, 0.2) is 0 Å². The summed E-state index contributed by atoms with van der Waals surface area (Å²) in [5.41, 5.74) is 0. The molecule has 1 N–H and O–H groups in total. The van der Waals surface area contributed by atoms with Crippen molar-refractivity contribution in [1.29, 1.82) is 0 Å². The van der Waals surface area contributed by atoms with Crippen molar-refractivity contribution >= 4 is 10.5 Å². The summed E-state index contributed by atoms with van der Waals surface area (Å²) >= 11 is 0. The van der Waals surface area contributed by atoms with Gasteiger partial charge in [0.2, 0.25) is 0 Å². The molecule has 0 saturated heterocycles. The third-order valence-electron chi connectivity index (χ3n) is 0.387. The highest BCUT2D eigenvalue weighted by Crippen LogP contribution is 1.91. The molecule has 0 aliphatic carbocycles. The molecule has 0 aromatic heterocycles. The zero-order chi connectivity index (χ0) is 6.62. The largest absolute Gasteiger partial charge is 0.310 e. The number of hydrogen-bond donors (Lipinski definition) is 2. The van der Waals surface area contributed by atoms with Crippen LogP contribution in [-0.4, -0.2) is 21.6 Å². The van der Waals surface area contributed by atoms with Crippen LogP contribution in [0, 0.1) is 12.3 Å². The number of thiol groups is 1. The highest BCUT2D eigenvalue weighted by molar-refractivity contribution is 7.92. The number of terminal acetylenes is 1. The van der Waals surface area contributed by atoms with Gasteiger partial charge in [-0.3, -0.25) is 4.18 Å². The molecule has 0 fully saturated rings. The molecule has 0 heterocycles. The van der Waals surface area contributed by atoms with Gasteiger partial charge in [-0.2, -0.15) is 0 Å². The first-order valence-corrected chi connectivity index (χ1v) is 3.97. The summed E-state index contributed by atoms with van der Waals surface area (Å²) in [5.74, 6) is 2.07. The van der Waals surface area contributed by atoms with Gasteiger partial charge < -0.3 is 4.55 Å². The molecule has 0 bridgehead atoms. The van der Waals surface area contributed by atoms with Crippen LogP contribution in [0.25, 0.3) is 0 Å². The van der Waals surface area contributed by atoms with E-state index in [0.29, 0.717) is 0 Å². The van der Waals surface area contributed by atoms with Crippen LogP contribution in [0.5, 0.6) is 0 Å². The van der Waals surface area contributed by atoms with Crippen LogP contribution >= 0.6 is 0 Å². The van der Waals surface area contributed by atoms with Gasteiger partial charge in [-0.1, -0.05) is 5.92 Å². The van der Waals surface area contributed by atoms with Crippen molar-refractivity contribution in [2.75, 3.05) is 12.9 Å². The highest BCUT2D eigenvalue weighted by Gasteiger charge is 1.95. The Bertz CT molecular complexity index is 140. The van der Waals surface area contributed by atoms with Gasteiger partial charge in [0.25, 0.3) is 0 Å². The molecule has 0 amide bonds. The molecule has 0 saturated carbocycles. The van der Waals surface area contributed by atoms with Crippen molar-refractivity contribution in [3.8, 4) is 12.3 Å². The average Bonchev–Trinajstić information content (AvgIpc) is 1.59. The molecular formula is C4H8O3S. The normalized spacial score (nSPS) is 12.6. The van der Waals surface area contributed by atoms with E-state index in [0.717, 1.165) is 6.26 Å². The lowest BCUT2D eigenvalue weighted by atomic mass is 10.8. The minimum Gasteiger partial charge on any atom is -0.310 e.